The van der Waals surface area contributed by atoms with Crippen LogP contribution >= 0.6 is 23.2 Å². The van der Waals surface area contributed by atoms with E-state index in [0.29, 0.717) is 22.1 Å². The van der Waals surface area contributed by atoms with E-state index in [1.54, 1.807) is 22.9 Å². The second kappa shape index (κ2) is 3.62. The lowest BCUT2D eigenvalue weighted by Crippen LogP contribution is -2.13. The minimum atomic E-state index is -0.206. The average molecular weight is 292 g/mol. The lowest BCUT2D eigenvalue weighted by Gasteiger charge is -2.03. The van der Waals surface area contributed by atoms with E-state index in [4.69, 9.17) is 23.2 Å². The highest BCUT2D eigenvalue weighted by Crippen LogP contribution is 2.41. The van der Waals surface area contributed by atoms with Crippen LogP contribution in [-0.4, -0.2) is 14.4 Å². The summed E-state index contributed by atoms with van der Waals surface area (Å²) in [6, 6.07) is 3.63. The Morgan fingerprint density at radius 2 is 2.16 bits per heavy atom. The lowest BCUT2D eigenvalue weighted by atomic mass is 10.1. The van der Waals surface area contributed by atoms with Gasteiger partial charge >= 0.3 is 0 Å². The van der Waals surface area contributed by atoms with E-state index in [-0.39, 0.29) is 5.56 Å². The van der Waals surface area contributed by atoms with Gasteiger partial charge in [0.25, 0.3) is 5.56 Å². The van der Waals surface area contributed by atoms with Crippen LogP contribution in [0.3, 0.4) is 0 Å². The van der Waals surface area contributed by atoms with Gasteiger partial charge in [0.1, 0.15) is 0 Å². The van der Waals surface area contributed by atoms with E-state index in [1.165, 1.54) is 0 Å². The molecule has 3 aromatic rings. The van der Waals surface area contributed by atoms with Crippen LogP contribution in [0.25, 0.3) is 16.9 Å². The van der Waals surface area contributed by atoms with Crippen molar-refractivity contribution in [3.63, 3.8) is 0 Å². The number of halogens is 2. The van der Waals surface area contributed by atoms with Crippen LogP contribution in [0, 0.1) is 0 Å². The molecule has 0 unspecified atom stereocenters. The van der Waals surface area contributed by atoms with Crippen molar-refractivity contribution in [2.45, 2.75) is 6.42 Å². The van der Waals surface area contributed by atoms with Crippen LogP contribution in [0.15, 0.2) is 29.3 Å². The summed E-state index contributed by atoms with van der Waals surface area (Å²) in [5.74, 6) is 0. The smallest absolute Gasteiger partial charge is 0.292 e. The number of rotatable bonds is 0. The molecule has 0 saturated carbocycles. The fraction of sp³-hybridized carbons (Fsp3) is 0.0769. The number of aromatic nitrogens is 3. The first-order valence-corrected chi connectivity index (χ1v) is 6.48. The number of imidazole rings is 1. The molecule has 94 valence electrons. The maximum atomic E-state index is 12.0. The Labute approximate surface area is 117 Å². The molecule has 0 radical (unpaired) electrons. The van der Waals surface area contributed by atoms with Crippen molar-refractivity contribution in [1.29, 1.82) is 0 Å². The quantitative estimate of drug-likeness (QED) is 0.542. The fourth-order valence-electron chi connectivity index (χ4n) is 2.61. The van der Waals surface area contributed by atoms with E-state index < -0.39 is 0 Å². The van der Waals surface area contributed by atoms with Crippen molar-refractivity contribution >= 4 is 28.8 Å². The predicted octanol–water partition coefficient (Wildman–Crippen LogP) is 2.90. The van der Waals surface area contributed by atoms with Gasteiger partial charge in [-0.15, -0.1) is 0 Å². The van der Waals surface area contributed by atoms with Crippen LogP contribution in [0.4, 0.5) is 0 Å². The second-order valence-electron chi connectivity index (χ2n) is 4.46. The molecular formula is C13H7Cl2N3O. The molecule has 0 spiro atoms. The number of H-pyrrole nitrogens is 1. The molecule has 1 aliphatic rings. The van der Waals surface area contributed by atoms with E-state index in [1.807, 2.05) is 6.07 Å². The third-order valence-corrected chi connectivity index (χ3v) is 4.31. The van der Waals surface area contributed by atoms with Crippen LogP contribution in [0.5, 0.6) is 0 Å². The summed E-state index contributed by atoms with van der Waals surface area (Å²) < 4.78 is 1.80. The molecular weight excluding hydrogens is 285 g/mol. The Kier molecular flexibility index (Phi) is 2.11. The Morgan fingerprint density at radius 3 is 3.00 bits per heavy atom. The zero-order valence-electron chi connectivity index (χ0n) is 9.58. The monoisotopic (exact) mass is 291 g/mol. The number of hydrogen-bond acceptors (Lipinski definition) is 2. The summed E-state index contributed by atoms with van der Waals surface area (Å²) in [5.41, 5.74) is 3.84. The molecule has 1 aliphatic carbocycles. The topological polar surface area (TPSA) is 50.2 Å². The van der Waals surface area contributed by atoms with Crippen LogP contribution in [-0.2, 0) is 6.42 Å². The molecule has 0 bridgehead atoms. The molecule has 19 heavy (non-hydrogen) atoms. The fourth-order valence-corrected chi connectivity index (χ4v) is 3.02. The van der Waals surface area contributed by atoms with Crippen molar-refractivity contribution in [3.8, 4) is 11.3 Å². The zero-order chi connectivity index (χ0) is 13.1. The summed E-state index contributed by atoms with van der Waals surface area (Å²) in [6.07, 6.45) is 4.03. The predicted molar refractivity (Wildman–Crippen MR) is 74.1 cm³/mol. The van der Waals surface area contributed by atoms with Crippen molar-refractivity contribution < 1.29 is 0 Å². The Morgan fingerprint density at radius 1 is 1.32 bits per heavy atom. The molecule has 1 aromatic carbocycles. The largest absolute Gasteiger partial charge is 0.317 e. The number of benzene rings is 1. The maximum absolute atomic E-state index is 12.0. The molecule has 4 nitrogen and oxygen atoms in total. The molecule has 6 heteroatoms. The molecule has 2 heterocycles. The minimum Gasteiger partial charge on any atom is -0.317 e. The van der Waals surface area contributed by atoms with Gasteiger partial charge in [0, 0.05) is 24.4 Å². The first-order chi connectivity index (χ1) is 9.16. The zero-order valence-corrected chi connectivity index (χ0v) is 11.1. The summed E-state index contributed by atoms with van der Waals surface area (Å²) in [7, 11) is 0. The summed E-state index contributed by atoms with van der Waals surface area (Å²) in [6.45, 7) is 0. The van der Waals surface area contributed by atoms with Crippen LogP contribution in [0.2, 0.25) is 10.0 Å². The van der Waals surface area contributed by atoms with E-state index in [0.717, 1.165) is 22.5 Å². The molecule has 0 atom stereocenters. The standard InChI is InChI=1S/C13H7Cl2N3O/c14-8-2-1-6-7(10(8)15)5-9-11(6)17-13(19)12-16-3-4-18(9)12/h1-4H,5H2,(H,17,19). The number of fused-ring (bicyclic) bond motifs is 5. The highest BCUT2D eigenvalue weighted by Gasteiger charge is 2.25. The third kappa shape index (κ3) is 1.35. The molecule has 0 amide bonds. The number of hydrogen-bond donors (Lipinski definition) is 1. The van der Waals surface area contributed by atoms with Gasteiger partial charge in [-0.05, 0) is 11.6 Å². The SMILES string of the molecule is O=c1[nH]c2c(n3ccnc13)Cc1c-2ccc(Cl)c1Cl. The van der Waals surface area contributed by atoms with Gasteiger partial charge in [0.2, 0.25) is 5.65 Å². The third-order valence-electron chi connectivity index (χ3n) is 3.47. The second-order valence-corrected chi connectivity index (χ2v) is 5.25. The molecule has 0 fully saturated rings. The number of nitrogens with zero attached hydrogens (tertiary/aromatic N) is 2. The summed E-state index contributed by atoms with van der Waals surface area (Å²) in [5, 5.41) is 1.07. The van der Waals surface area contributed by atoms with Crippen LogP contribution < -0.4 is 5.56 Å². The molecule has 0 saturated heterocycles. The number of aromatic amines is 1. The van der Waals surface area contributed by atoms with Gasteiger partial charge in [-0.1, -0.05) is 29.3 Å². The highest BCUT2D eigenvalue weighted by atomic mass is 35.5. The first kappa shape index (κ1) is 11.1. The van der Waals surface area contributed by atoms with Crippen molar-refractivity contribution in [1.82, 2.24) is 14.4 Å². The molecule has 4 rings (SSSR count). The van der Waals surface area contributed by atoms with Crippen LogP contribution in [0.1, 0.15) is 11.3 Å². The van der Waals surface area contributed by atoms with Crippen molar-refractivity contribution in [2.24, 2.45) is 0 Å². The average Bonchev–Trinajstić information content (AvgIpc) is 2.98. The summed E-state index contributed by atoms with van der Waals surface area (Å²) in [4.78, 5) is 18.9. The molecule has 2 aromatic heterocycles. The maximum Gasteiger partial charge on any atom is 0.292 e. The first-order valence-electron chi connectivity index (χ1n) is 5.72. The van der Waals surface area contributed by atoms with Gasteiger partial charge in [-0.2, -0.15) is 0 Å². The van der Waals surface area contributed by atoms with Crippen molar-refractivity contribution in [3.05, 3.63) is 56.2 Å². The normalized spacial score (nSPS) is 12.7. The molecule has 0 aliphatic heterocycles. The minimum absolute atomic E-state index is 0.206. The van der Waals surface area contributed by atoms with Crippen molar-refractivity contribution in [2.75, 3.05) is 0 Å². The number of nitrogens with one attached hydrogen (secondary N) is 1. The highest BCUT2D eigenvalue weighted by molar-refractivity contribution is 6.42. The van der Waals surface area contributed by atoms with Gasteiger partial charge in [0.15, 0.2) is 0 Å². The van der Waals surface area contributed by atoms with Gasteiger partial charge in [-0.3, -0.25) is 9.20 Å². The van der Waals surface area contributed by atoms with E-state index in [9.17, 15) is 4.79 Å². The van der Waals surface area contributed by atoms with E-state index in [2.05, 4.69) is 9.97 Å². The summed E-state index contributed by atoms with van der Waals surface area (Å²) >= 11 is 12.3. The van der Waals surface area contributed by atoms with Gasteiger partial charge in [0.05, 0.1) is 21.4 Å². The Bertz CT molecular complexity index is 895. The molecule has 1 N–H and O–H groups in total. The Hall–Kier alpha value is -1.78. The van der Waals surface area contributed by atoms with E-state index >= 15 is 0 Å². The van der Waals surface area contributed by atoms with Gasteiger partial charge in [-0.25, -0.2) is 4.98 Å². The Balaban J connectivity index is 2.14. The lowest BCUT2D eigenvalue weighted by molar-refractivity contribution is 1.00. The van der Waals surface area contributed by atoms with Gasteiger partial charge < -0.3 is 4.98 Å².